The number of H-pyrrole nitrogens is 1. The van der Waals surface area contributed by atoms with Crippen molar-refractivity contribution in [3.63, 3.8) is 0 Å². The predicted molar refractivity (Wildman–Crippen MR) is 108 cm³/mol. The Morgan fingerprint density at radius 3 is 2.75 bits per heavy atom. The second kappa shape index (κ2) is 6.60. The molecule has 1 atom stereocenters. The number of phenols is 1. The third-order valence-corrected chi connectivity index (χ3v) is 5.82. The maximum absolute atomic E-state index is 10.5. The lowest BCUT2D eigenvalue weighted by Gasteiger charge is -2.20. The molecule has 28 heavy (non-hydrogen) atoms. The summed E-state index contributed by atoms with van der Waals surface area (Å²) < 4.78 is 0. The highest BCUT2D eigenvalue weighted by molar-refractivity contribution is 5.73. The standard InChI is InChI=1S/C21H24N6O/c1-21(7-8-21)24-16-6-9-27(13-16)20-5-4-18(25-26-20)17-3-2-14(10-19(17)28)15-11-22-23-12-15/h2-5,10-12,16,24,28H,6-9,13H2,1H3,(H,22,23). The Morgan fingerprint density at radius 2 is 2.07 bits per heavy atom. The molecular weight excluding hydrogens is 352 g/mol. The minimum Gasteiger partial charge on any atom is -0.507 e. The fraction of sp³-hybridized carbons (Fsp3) is 0.381. The summed E-state index contributed by atoms with van der Waals surface area (Å²) in [5.41, 5.74) is 3.53. The van der Waals surface area contributed by atoms with Crippen molar-refractivity contribution < 1.29 is 5.11 Å². The Bertz CT molecular complexity index is 965. The van der Waals surface area contributed by atoms with E-state index in [4.69, 9.17) is 0 Å². The molecule has 2 fully saturated rings. The number of hydrogen-bond donors (Lipinski definition) is 3. The number of aromatic amines is 1. The van der Waals surface area contributed by atoms with Crippen molar-refractivity contribution >= 4 is 5.82 Å². The summed E-state index contributed by atoms with van der Waals surface area (Å²) in [6.45, 7) is 4.26. The molecule has 0 bridgehead atoms. The normalized spacial score (nSPS) is 20.5. The van der Waals surface area contributed by atoms with Gasteiger partial charge in [0, 0.05) is 42.0 Å². The topological polar surface area (TPSA) is 90.0 Å². The van der Waals surface area contributed by atoms with Gasteiger partial charge in [0.15, 0.2) is 5.82 Å². The lowest BCUT2D eigenvalue weighted by molar-refractivity contribution is 0.455. The fourth-order valence-corrected chi connectivity index (χ4v) is 3.88. The van der Waals surface area contributed by atoms with Gasteiger partial charge in [-0.15, -0.1) is 10.2 Å². The third kappa shape index (κ3) is 3.33. The van der Waals surface area contributed by atoms with Gasteiger partial charge < -0.3 is 15.3 Å². The van der Waals surface area contributed by atoms with Gasteiger partial charge in [0.1, 0.15) is 5.75 Å². The highest BCUT2D eigenvalue weighted by atomic mass is 16.3. The van der Waals surface area contributed by atoms with E-state index in [1.807, 2.05) is 24.3 Å². The average molecular weight is 376 g/mol. The SMILES string of the molecule is CC1(NC2CCN(c3ccc(-c4ccc(-c5cn[nH]c5)cc4O)nn3)C2)CC1. The number of phenolic OH excluding ortho intramolecular Hbond substituents is 1. The zero-order chi connectivity index (χ0) is 19.1. The van der Waals surface area contributed by atoms with Gasteiger partial charge in [0.25, 0.3) is 0 Å². The molecule has 2 aromatic heterocycles. The van der Waals surface area contributed by atoms with Crippen LogP contribution in [0.2, 0.25) is 0 Å². The largest absolute Gasteiger partial charge is 0.507 e. The van der Waals surface area contributed by atoms with Crippen LogP contribution in [0.3, 0.4) is 0 Å². The molecule has 1 unspecified atom stereocenters. The van der Waals surface area contributed by atoms with Crippen LogP contribution in [-0.4, -0.2) is 50.2 Å². The smallest absolute Gasteiger partial charge is 0.151 e. The number of hydrogen-bond acceptors (Lipinski definition) is 6. The van der Waals surface area contributed by atoms with Crippen LogP contribution in [0, 0.1) is 0 Å². The average Bonchev–Trinajstić information content (AvgIpc) is 3.10. The Labute approximate surface area is 163 Å². The number of nitrogens with zero attached hydrogens (tertiary/aromatic N) is 4. The number of aromatic hydroxyl groups is 1. The molecule has 3 aromatic rings. The van der Waals surface area contributed by atoms with Crippen LogP contribution in [0.4, 0.5) is 5.82 Å². The molecule has 3 heterocycles. The van der Waals surface area contributed by atoms with Crippen LogP contribution in [0.25, 0.3) is 22.4 Å². The van der Waals surface area contributed by atoms with Crippen LogP contribution >= 0.6 is 0 Å². The monoisotopic (exact) mass is 376 g/mol. The summed E-state index contributed by atoms with van der Waals surface area (Å²) >= 11 is 0. The molecule has 7 heteroatoms. The van der Waals surface area contributed by atoms with E-state index in [1.165, 1.54) is 12.8 Å². The molecule has 0 radical (unpaired) electrons. The highest BCUT2D eigenvalue weighted by Gasteiger charge is 2.40. The number of aromatic nitrogens is 4. The Kier molecular flexibility index (Phi) is 4.05. The second-order valence-electron chi connectivity index (χ2n) is 8.13. The molecule has 1 aliphatic heterocycles. The molecule has 7 nitrogen and oxygen atoms in total. The van der Waals surface area contributed by atoms with Crippen LogP contribution in [-0.2, 0) is 0 Å². The summed E-state index contributed by atoms with van der Waals surface area (Å²) in [5.74, 6) is 1.08. The first-order valence-corrected chi connectivity index (χ1v) is 9.79. The summed E-state index contributed by atoms with van der Waals surface area (Å²) in [6.07, 6.45) is 7.21. The fourth-order valence-electron chi connectivity index (χ4n) is 3.88. The van der Waals surface area contributed by atoms with Crippen molar-refractivity contribution in [2.45, 2.75) is 37.8 Å². The van der Waals surface area contributed by atoms with Crippen molar-refractivity contribution in [3.8, 4) is 28.1 Å². The lowest BCUT2D eigenvalue weighted by atomic mass is 10.0. The van der Waals surface area contributed by atoms with Crippen molar-refractivity contribution in [3.05, 3.63) is 42.7 Å². The second-order valence-corrected chi connectivity index (χ2v) is 8.13. The summed E-state index contributed by atoms with van der Waals surface area (Å²) in [4.78, 5) is 2.28. The van der Waals surface area contributed by atoms with E-state index in [0.29, 0.717) is 22.8 Å². The zero-order valence-corrected chi connectivity index (χ0v) is 15.9. The molecule has 5 rings (SSSR count). The molecule has 1 saturated carbocycles. The van der Waals surface area contributed by atoms with Crippen molar-refractivity contribution in [2.75, 3.05) is 18.0 Å². The van der Waals surface area contributed by atoms with Crippen molar-refractivity contribution in [2.24, 2.45) is 0 Å². The number of rotatable bonds is 5. The molecule has 0 amide bonds. The third-order valence-electron chi connectivity index (χ3n) is 5.82. The number of benzene rings is 1. The predicted octanol–water partition coefficient (Wildman–Crippen LogP) is 2.96. The first kappa shape index (κ1) is 17.2. The summed E-state index contributed by atoms with van der Waals surface area (Å²) in [6, 6.07) is 9.99. The van der Waals surface area contributed by atoms with Gasteiger partial charge in [-0.25, -0.2) is 0 Å². The van der Waals surface area contributed by atoms with E-state index in [-0.39, 0.29) is 5.75 Å². The molecule has 0 spiro atoms. The van der Waals surface area contributed by atoms with Crippen LogP contribution in [0.15, 0.2) is 42.7 Å². The Balaban J connectivity index is 1.30. The number of anilines is 1. The van der Waals surface area contributed by atoms with E-state index in [1.54, 1.807) is 18.5 Å². The van der Waals surface area contributed by atoms with Gasteiger partial charge in [0.2, 0.25) is 0 Å². The lowest BCUT2D eigenvalue weighted by Crippen LogP contribution is -2.40. The maximum Gasteiger partial charge on any atom is 0.151 e. The van der Waals surface area contributed by atoms with Crippen molar-refractivity contribution in [1.29, 1.82) is 0 Å². The van der Waals surface area contributed by atoms with E-state index in [2.05, 4.69) is 37.5 Å². The van der Waals surface area contributed by atoms with Crippen molar-refractivity contribution in [1.82, 2.24) is 25.7 Å². The molecule has 1 saturated heterocycles. The molecular formula is C21H24N6O. The van der Waals surface area contributed by atoms with E-state index in [0.717, 1.165) is 36.5 Å². The van der Waals surface area contributed by atoms with Gasteiger partial charge in [-0.2, -0.15) is 5.10 Å². The van der Waals surface area contributed by atoms with Gasteiger partial charge in [-0.05, 0) is 56.0 Å². The van der Waals surface area contributed by atoms with E-state index >= 15 is 0 Å². The van der Waals surface area contributed by atoms with Crippen LogP contribution in [0.5, 0.6) is 5.75 Å². The summed E-state index contributed by atoms with van der Waals surface area (Å²) in [7, 11) is 0. The molecule has 2 aliphatic rings. The first-order chi connectivity index (χ1) is 13.6. The molecule has 3 N–H and O–H groups in total. The summed E-state index contributed by atoms with van der Waals surface area (Å²) in [5, 5.41) is 29.7. The van der Waals surface area contributed by atoms with Gasteiger partial charge >= 0.3 is 0 Å². The van der Waals surface area contributed by atoms with Gasteiger partial charge in [-0.3, -0.25) is 5.10 Å². The molecule has 1 aliphatic carbocycles. The van der Waals surface area contributed by atoms with Crippen LogP contribution in [0.1, 0.15) is 26.2 Å². The van der Waals surface area contributed by atoms with E-state index in [9.17, 15) is 5.11 Å². The van der Waals surface area contributed by atoms with Gasteiger partial charge in [0.05, 0.1) is 11.9 Å². The minimum absolute atomic E-state index is 0.184. The number of nitrogens with one attached hydrogen (secondary N) is 2. The Hall–Kier alpha value is -2.93. The Morgan fingerprint density at radius 1 is 1.18 bits per heavy atom. The quantitative estimate of drug-likeness (QED) is 0.634. The van der Waals surface area contributed by atoms with E-state index < -0.39 is 0 Å². The molecule has 1 aromatic carbocycles. The zero-order valence-electron chi connectivity index (χ0n) is 15.9. The highest BCUT2D eigenvalue weighted by Crippen LogP contribution is 2.36. The van der Waals surface area contributed by atoms with Crippen LogP contribution < -0.4 is 10.2 Å². The van der Waals surface area contributed by atoms with Gasteiger partial charge in [-0.1, -0.05) is 6.07 Å². The minimum atomic E-state index is 0.184. The molecule has 144 valence electrons. The maximum atomic E-state index is 10.5. The first-order valence-electron chi connectivity index (χ1n) is 9.79.